The minimum atomic E-state index is -0.219. The van der Waals surface area contributed by atoms with Crippen LogP contribution in [-0.2, 0) is 9.59 Å². The van der Waals surface area contributed by atoms with Crippen LogP contribution in [-0.4, -0.2) is 35.9 Å². The highest BCUT2D eigenvalue weighted by Gasteiger charge is 2.20. The van der Waals surface area contributed by atoms with E-state index in [1.807, 2.05) is 13.8 Å². The van der Waals surface area contributed by atoms with E-state index < -0.39 is 0 Å². The molecule has 0 spiro atoms. The highest BCUT2D eigenvalue weighted by Crippen LogP contribution is 2.28. The third kappa shape index (κ3) is 4.63. The van der Waals surface area contributed by atoms with Gasteiger partial charge < -0.3 is 15.0 Å². The van der Waals surface area contributed by atoms with Gasteiger partial charge in [0.15, 0.2) is 0 Å². The number of halogens is 1. The number of nitrogens with one attached hydrogen (secondary N) is 1. The van der Waals surface area contributed by atoms with E-state index >= 15 is 0 Å². The molecule has 0 radical (unpaired) electrons. The Balaban J connectivity index is 1.93. The second-order valence-corrected chi connectivity index (χ2v) is 6.04. The molecule has 1 aromatic carbocycles. The smallest absolute Gasteiger partial charge is 0.243 e. The zero-order chi connectivity index (χ0) is 16.1. The largest absolute Gasteiger partial charge is 0.489 e. The number of hydrogen-bond donors (Lipinski definition) is 1. The number of benzene rings is 1. The second-order valence-electron chi connectivity index (χ2n) is 5.63. The molecule has 0 atom stereocenters. The lowest BCUT2D eigenvalue weighted by Crippen LogP contribution is -2.40. The van der Waals surface area contributed by atoms with Crippen LogP contribution in [0.5, 0.6) is 5.75 Å². The van der Waals surface area contributed by atoms with Crippen molar-refractivity contribution in [1.82, 2.24) is 4.90 Å². The monoisotopic (exact) mass is 324 g/mol. The van der Waals surface area contributed by atoms with Crippen molar-refractivity contribution in [3.8, 4) is 5.75 Å². The van der Waals surface area contributed by atoms with Gasteiger partial charge in [-0.25, -0.2) is 0 Å². The molecule has 1 aliphatic rings. The van der Waals surface area contributed by atoms with Crippen LogP contribution >= 0.6 is 11.6 Å². The van der Waals surface area contributed by atoms with Crippen molar-refractivity contribution in [2.75, 3.05) is 18.4 Å². The van der Waals surface area contributed by atoms with Crippen molar-refractivity contribution in [1.29, 1.82) is 0 Å². The molecule has 1 saturated heterocycles. The maximum atomic E-state index is 12.0. The van der Waals surface area contributed by atoms with Gasteiger partial charge in [-0.15, -0.1) is 0 Å². The van der Waals surface area contributed by atoms with Crippen molar-refractivity contribution in [3.63, 3.8) is 0 Å². The number of ether oxygens (including phenoxy) is 1. The Hall–Kier alpha value is -1.75. The summed E-state index contributed by atoms with van der Waals surface area (Å²) in [6.45, 7) is 4.57. The second kappa shape index (κ2) is 7.49. The zero-order valence-corrected chi connectivity index (χ0v) is 13.7. The molecule has 0 unspecified atom stereocenters. The predicted octanol–water partition coefficient (Wildman–Crippen LogP) is 3.08. The quantitative estimate of drug-likeness (QED) is 0.905. The number of rotatable bonds is 5. The van der Waals surface area contributed by atoms with Crippen LogP contribution in [0.15, 0.2) is 18.2 Å². The van der Waals surface area contributed by atoms with Gasteiger partial charge in [0, 0.05) is 18.7 Å². The van der Waals surface area contributed by atoms with Crippen LogP contribution in [0.2, 0.25) is 5.02 Å². The van der Waals surface area contributed by atoms with E-state index in [0.29, 0.717) is 29.4 Å². The molecule has 2 rings (SSSR count). The normalized spacial score (nSPS) is 15.1. The first-order valence-corrected chi connectivity index (χ1v) is 7.87. The Morgan fingerprint density at radius 2 is 2.18 bits per heavy atom. The highest BCUT2D eigenvalue weighted by atomic mass is 35.5. The molecule has 0 aromatic heterocycles. The van der Waals surface area contributed by atoms with E-state index in [4.69, 9.17) is 16.3 Å². The molecule has 0 saturated carbocycles. The van der Waals surface area contributed by atoms with Crippen molar-refractivity contribution in [3.05, 3.63) is 23.2 Å². The summed E-state index contributed by atoms with van der Waals surface area (Å²) in [5, 5.41) is 3.20. The molecule has 0 bridgehead atoms. The molecule has 0 aliphatic carbocycles. The first kappa shape index (κ1) is 16.6. The summed E-state index contributed by atoms with van der Waals surface area (Å²) < 4.78 is 5.54. The zero-order valence-electron chi connectivity index (χ0n) is 12.9. The Bertz CT molecular complexity index is 560. The maximum Gasteiger partial charge on any atom is 0.243 e. The minimum absolute atomic E-state index is 0.0306. The van der Waals surface area contributed by atoms with Crippen molar-refractivity contribution in [2.24, 2.45) is 0 Å². The average Bonchev–Trinajstić information content (AvgIpc) is 2.44. The van der Waals surface area contributed by atoms with Gasteiger partial charge in [-0.05, 0) is 44.9 Å². The van der Waals surface area contributed by atoms with Crippen LogP contribution in [0.25, 0.3) is 0 Å². The number of hydrogen-bond acceptors (Lipinski definition) is 3. The molecule has 2 amide bonds. The summed E-state index contributed by atoms with van der Waals surface area (Å²) in [6.07, 6.45) is 2.42. The molecule has 1 aliphatic heterocycles. The molecule has 5 nitrogen and oxygen atoms in total. The van der Waals surface area contributed by atoms with Crippen molar-refractivity contribution in [2.45, 2.75) is 39.2 Å². The van der Waals surface area contributed by atoms with Crippen LogP contribution in [0.1, 0.15) is 33.1 Å². The highest BCUT2D eigenvalue weighted by molar-refractivity contribution is 6.32. The third-order valence-corrected chi connectivity index (χ3v) is 3.63. The van der Waals surface area contributed by atoms with E-state index in [-0.39, 0.29) is 24.5 Å². The number of nitrogens with zero attached hydrogens (tertiary/aromatic N) is 1. The molecule has 1 fully saturated rings. The molecule has 22 heavy (non-hydrogen) atoms. The fraction of sp³-hybridized carbons (Fsp3) is 0.500. The molecule has 120 valence electrons. The Kier molecular flexibility index (Phi) is 5.66. The summed E-state index contributed by atoms with van der Waals surface area (Å²) in [5.41, 5.74) is 0.593. The number of likely N-dealkylation sites (tertiary alicyclic amines) is 1. The first-order valence-electron chi connectivity index (χ1n) is 7.49. The third-order valence-electron chi connectivity index (χ3n) is 3.33. The van der Waals surface area contributed by atoms with Crippen LogP contribution in [0.3, 0.4) is 0 Å². The minimum Gasteiger partial charge on any atom is -0.489 e. The summed E-state index contributed by atoms with van der Waals surface area (Å²) in [4.78, 5) is 25.3. The molecule has 1 N–H and O–H groups in total. The first-order chi connectivity index (χ1) is 10.5. The van der Waals surface area contributed by atoms with E-state index in [9.17, 15) is 9.59 Å². The molecule has 1 heterocycles. The van der Waals surface area contributed by atoms with Crippen LogP contribution in [0, 0.1) is 0 Å². The van der Waals surface area contributed by atoms with Gasteiger partial charge in [-0.1, -0.05) is 11.6 Å². The van der Waals surface area contributed by atoms with Gasteiger partial charge in [0.05, 0.1) is 17.7 Å². The number of carbonyl (C=O) groups excluding carboxylic acids is 2. The van der Waals surface area contributed by atoms with Crippen molar-refractivity contribution < 1.29 is 14.3 Å². The predicted molar refractivity (Wildman–Crippen MR) is 86.3 cm³/mol. The van der Waals surface area contributed by atoms with Crippen LogP contribution in [0.4, 0.5) is 5.69 Å². The van der Waals surface area contributed by atoms with E-state index in [2.05, 4.69) is 5.32 Å². The van der Waals surface area contributed by atoms with Crippen LogP contribution < -0.4 is 10.1 Å². The lowest BCUT2D eigenvalue weighted by atomic mass is 10.1. The topological polar surface area (TPSA) is 58.6 Å². The van der Waals surface area contributed by atoms with Gasteiger partial charge in [-0.3, -0.25) is 9.59 Å². The SMILES string of the molecule is CC(C)Oc1ccc(NC(=O)CN2CCCCC2=O)cc1Cl. The standard InChI is InChI=1S/C16H21ClN2O3/c1-11(2)22-14-7-6-12(9-13(14)17)18-15(20)10-19-8-4-3-5-16(19)21/h6-7,9,11H,3-5,8,10H2,1-2H3,(H,18,20). The Morgan fingerprint density at radius 3 is 2.82 bits per heavy atom. The summed E-state index contributed by atoms with van der Waals surface area (Å²) in [7, 11) is 0. The van der Waals surface area contributed by atoms with Gasteiger partial charge >= 0.3 is 0 Å². The average molecular weight is 325 g/mol. The van der Waals surface area contributed by atoms with Gasteiger partial charge in [0.25, 0.3) is 0 Å². The molecule has 6 heteroatoms. The van der Waals surface area contributed by atoms with E-state index in [0.717, 1.165) is 12.8 Å². The summed E-state index contributed by atoms with van der Waals surface area (Å²) in [5.74, 6) is 0.407. The van der Waals surface area contributed by atoms with E-state index in [1.165, 1.54) is 0 Å². The van der Waals surface area contributed by atoms with Gasteiger partial charge in [0.2, 0.25) is 11.8 Å². The fourth-order valence-electron chi connectivity index (χ4n) is 2.33. The van der Waals surface area contributed by atoms with Gasteiger partial charge in [-0.2, -0.15) is 0 Å². The maximum absolute atomic E-state index is 12.0. The van der Waals surface area contributed by atoms with Gasteiger partial charge in [0.1, 0.15) is 5.75 Å². The summed E-state index contributed by atoms with van der Waals surface area (Å²) >= 11 is 6.13. The Morgan fingerprint density at radius 1 is 1.41 bits per heavy atom. The molecular formula is C16H21ClN2O3. The number of anilines is 1. The lowest BCUT2D eigenvalue weighted by Gasteiger charge is -2.26. The molecule has 1 aromatic rings. The number of piperidine rings is 1. The Labute approximate surface area is 135 Å². The van der Waals surface area contributed by atoms with E-state index in [1.54, 1.807) is 23.1 Å². The lowest BCUT2D eigenvalue weighted by molar-refractivity contribution is -0.136. The number of amides is 2. The number of carbonyl (C=O) groups is 2. The fourth-order valence-corrected chi connectivity index (χ4v) is 2.56. The molecular weight excluding hydrogens is 304 g/mol. The summed E-state index contributed by atoms with van der Waals surface area (Å²) in [6, 6.07) is 5.11. The van der Waals surface area contributed by atoms with Crippen molar-refractivity contribution >= 4 is 29.1 Å².